The summed E-state index contributed by atoms with van der Waals surface area (Å²) in [5, 5.41) is 10.1. The number of guanidine groups is 1. The Bertz CT molecular complexity index is 503. The Morgan fingerprint density at radius 3 is 2.77 bits per heavy atom. The van der Waals surface area contributed by atoms with Crippen molar-refractivity contribution in [3.8, 4) is 0 Å². The molecule has 0 atom stereocenters. The summed E-state index contributed by atoms with van der Waals surface area (Å²) >= 11 is 1.75. The number of hydrogen-bond acceptors (Lipinski definition) is 4. The van der Waals surface area contributed by atoms with Gasteiger partial charge in [0.25, 0.3) is 0 Å². The maximum atomic E-state index is 5.96. The predicted octanol–water partition coefficient (Wildman–Crippen LogP) is 4.16. The smallest absolute Gasteiger partial charge is 0.191 e. The van der Waals surface area contributed by atoms with Crippen LogP contribution in [0.1, 0.15) is 63.1 Å². The van der Waals surface area contributed by atoms with Crippen LogP contribution in [0.5, 0.6) is 0 Å². The largest absolute Gasteiger partial charge is 0.378 e. The van der Waals surface area contributed by atoms with Gasteiger partial charge in [-0.2, -0.15) is 0 Å². The summed E-state index contributed by atoms with van der Waals surface area (Å²) in [5.74, 6) is 0.895. The molecule has 7 heteroatoms. The minimum atomic E-state index is 0. The number of aromatic nitrogens is 1. The van der Waals surface area contributed by atoms with E-state index in [0.29, 0.717) is 6.10 Å². The Balaban J connectivity index is 0.00000338. The zero-order valence-corrected chi connectivity index (χ0v) is 19.4. The van der Waals surface area contributed by atoms with Crippen molar-refractivity contribution in [2.24, 2.45) is 4.99 Å². The molecule has 1 aromatic heterocycles. The summed E-state index contributed by atoms with van der Waals surface area (Å²) in [7, 11) is 0. The van der Waals surface area contributed by atoms with Gasteiger partial charge in [0.2, 0.25) is 0 Å². The molecule has 1 aliphatic rings. The van der Waals surface area contributed by atoms with Gasteiger partial charge in [-0.15, -0.1) is 35.3 Å². The molecule has 26 heavy (non-hydrogen) atoms. The van der Waals surface area contributed by atoms with Crippen LogP contribution < -0.4 is 10.6 Å². The number of nitrogens with zero attached hydrogens (tertiary/aromatic N) is 2. The number of halogens is 1. The molecule has 2 N–H and O–H groups in total. The Morgan fingerprint density at radius 2 is 2.08 bits per heavy atom. The van der Waals surface area contributed by atoms with E-state index in [4.69, 9.17) is 4.74 Å². The molecule has 150 valence electrons. The van der Waals surface area contributed by atoms with Crippen LogP contribution in [0.15, 0.2) is 10.4 Å². The molecular formula is C19H35IN4OS. The van der Waals surface area contributed by atoms with Crippen LogP contribution in [0, 0.1) is 0 Å². The predicted molar refractivity (Wildman–Crippen MR) is 122 cm³/mol. The van der Waals surface area contributed by atoms with E-state index in [9.17, 15) is 0 Å². The summed E-state index contributed by atoms with van der Waals surface area (Å²) in [5.41, 5.74) is 1.17. The van der Waals surface area contributed by atoms with Crippen molar-refractivity contribution in [3.05, 3.63) is 16.1 Å². The van der Waals surface area contributed by atoms with Crippen molar-refractivity contribution in [3.63, 3.8) is 0 Å². The number of aliphatic imine (C=N–C) groups is 1. The van der Waals surface area contributed by atoms with E-state index < -0.39 is 0 Å². The molecule has 1 saturated carbocycles. The summed E-state index contributed by atoms with van der Waals surface area (Å²) < 4.78 is 5.96. The van der Waals surface area contributed by atoms with Crippen LogP contribution in [0.2, 0.25) is 0 Å². The van der Waals surface area contributed by atoms with Gasteiger partial charge in [0.05, 0.1) is 16.8 Å². The third-order valence-corrected chi connectivity index (χ3v) is 5.44. The van der Waals surface area contributed by atoms with Gasteiger partial charge in [-0.1, -0.05) is 26.2 Å². The van der Waals surface area contributed by atoms with Crippen molar-refractivity contribution < 1.29 is 4.74 Å². The van der Waals surface area contributed by atoms with Crippen molar-refractivity contribution in [2.75, 3.05) is 26.2 Å². The van der Waals surface area contributed by atoms with Crippen molar-refractivity contribution in [1.82, 2.24) is 15.6 Å². The molecule has 0 saturated heterocycles. The normalized spacial score (nSPS) is 15.5. The lowest BCUT2D eigenvalue weighted by Gasteiger charge is -2.21. The lowest BCUT2D eigenvalue weighted by Crippen LogP contribution is -2.38. The minimum Gasteiger partial charge on any atom is -0.378 e. The quantitative estimate of drug-likeness (QED) is 0.222. The monoisotopic (exact) mass is 494 g/mol. The second-order valence-corrected chi connectivity index (χ2v) is 7.45. The Hall–Kier alpha value is -0.410. The summed E-state index contributed by atoms with van der Waals surface area (Å²) in [4.78, 5) is 9.25. The molecule has 1 aromatic rings. The molecule has 1 aliphatic carbocycles. The second-order valence-electron chi connectivity index (χ2n) is 6.51. The summed E-state index contributed by atoms with van der Waals surface area (Å²) in [6, 6.07) is 0. The summed E-state index contributed by atoms with van der Waals surface area (Å²) in [6.07, 6.45) is 9.95. The minimum absolute atomic E-state index is 0. The molecule has 5 nitrogen and oxygen atoms in total. The third-order valence-electron chi connectivity index (χ3n) is 4.40. The number of hydrogen-bond donors (Lipinski definition) is 2. The summed E-state index contributed by atoms with van der Waals surface area (Å²) in [6.45, 7) is 7.61. The highest BCUT2D eigenvalue weighted by Crippen LogP contribution is 2.20. The van der Waals surface area contributed by atoms with E-state index in [2.05, 4.69) is 39.8 Å². The molecule has 0 radical (unpaired) electrons. The van der Waals surface area contributed by atoms with Crippen LogP contribution in [-0.2, 0) is 17.6 Å². The molecule has 0 bridgehead atoms. The SMILES string of the molecule is CCNC(=NCCCOC1CCCCC1)NCCc1csc(CC)n1.I. The molecule has 0 aromatic carbocycles. The molecule has 1 heterocycles. The zero-order valence-electron chi connectivity index (χ0n) is 16.3. The van der Waals surface area contributed by atoms with Crippen molar-refractivity contribution >= 4 is 41.3 Å². The first-order valence-corrected chi connectivity index (χ1v) is 10.8. The molecule has 0 unspecified atom stereocenters. The first-order valence-electron chi connectivity index (χ1n) is 9.88. The van der Waals surface area contributed by atoms with E-state index in [-0.39, 0.29) is 24.0 Å². The standard InChI is InChI=1S/C19H34N4OS.HI/c1-3-18-23-16(15-25-18)11-13-22-19(20-4-2)21-12-8-14-24-17-9-6-5-7-10-17;/h15,17H,3-14H2,1-2H3,(H2,20,21,22);1H. The highest BCUT2D eigenvalue weighted by molar-refractivity contribution is 14.0. The van der Waals surface area contributed by atoms with Gasteiger partial charge < -0.3 is 15.4 Å². The maximum Gasteiger partial charge on any atom is 0.191 e. The lowest BCUT2D eigenvalue weighted by atomic mass is 9.98. The fourth-order valence-electron chi connectivity index (χ4n) is 3.01. The van der Waals surface area contributed by atoms with Crippen LogP contribution >= 0.6 is 35.3 Å². The highest BCUT2D eigenvalue weighted by atomic mass is 127. The lowest BCUT2D eigenvalue weighted by molar-refractivity contribution is 0.0281. The Kier molecular flexibility index (Phi) is 13.3. The number of aryl methyl sites for hydroxylation is 1. The number of nitrogens with one attached hydrogen (secondary N) is 2. The van der Waals surface area contributed by atoms with Crippen LogP contribution in [0.3, 0.4) is 0 Å². The van der Waals surface area contributed by atoms with Gasteiger partial charge in [-0.25, -0.2) is 4.98 Å². The van der Waals surface area contributed by atoms with Crippen LogP contribution in [0.4, 0.5) is 0 Å². The van der Waals surface area contributed by atoms with Gasteiger partial charge in [0.1, 0.15) is 0 Å². The molecule has 0 amide bonds. The van der Waals surface area contributed by atoms with E-state index >= 15 is 0 Å². The first kappa shape index (κ1) is 23.6. The molecule has 0 aliphatic heterocycles. The van der Waals surface area contributed by atoms with E-state index in [1.807, 2.05) is 0 Å². The zero-order chi connectivity index (χ0) is 17.7. The topological polar surface area (TPSA) is 58.5 Å². The molecule has 0 spiro atoms. The Labute approximate surface area is 179 Å². The third kappa shape index (κ3) is 9.50. The van der Waals surface area contributed by atoms with E-state index in [1.165, 1.54) is 42.8 Å². The van der Waals surface area contributed by atoms with Crippen LogP contribution in [0.25, 0.3) is 0 Å². The van der Waals surface area contributed by atoms with Gasteiger partial charge in [-0.3, -0.25) is 4.99 Å². The fourth-order valence-corrected chi connectivity index (χ4v) is 3.79. The first-order chi connectivity index (χ1) is 12.3. The van der Waals surface area contributed by atoms with Crippen LogP contribution in [-0.4, -0.2) is 43.3 Å². The number of ether oxygens (including phenoxy) is 1. The van der Waals surface area contributed by atoms with Crippen molar-refractivity contribution in [1.29, 1.82) is 0 Å². The van der Waals surface area contributed by atoms with Gasteiger partial charge >= 0.3 is 0 Å². The Morgan fingerprint density at radius 1 is 1.27 bits per heavy atom. The second kappa shape index (κ2) is 14.6. The number of thiazole rings is 1. The molecule has 2 rings (SSSR count). The molecular weight excluding hydrogens is 459 g/mol. The van der Waals surface area contributed by atoms with Gasteiger partial charge in [0, 0.05) is 38.0 Å². The number of rotatable bonds is 10. The van der Waals surface area contributed by atoms with Crippen molar-refractivity contribution in [2.45, 2.75) is 71.3 Å². The average Bonchev–Trinajstić information content (AvgIpc) is 3.10. The van der Waals surface area contributed by atoms with E-state index in [0.717, 1.165) is 51.5 Å². The van der Waals surface area contributed by atoms with Gasteiger partial charge in [-0.05, 0) is 32.6 Å². The highest BCUT2D eigenvalue weighted by Gasteiger charge is 2.12. The maximum absolute atomic E-state index is 5.96. The van der Waals surface area contributed by atoms with Gasteiger partial charge in [0.15, 0.2) is 5.96 Å². The average molecular weight is 494 g/mol. The fraction of sp³-hybridized carbons (Fsp3) is 0.789. The van der Waals surface area contributed by atoms with E-state index in [1.54, 1.807) is 11.3 Å². The molecule has 1 fully saturated rings.